The summed E-state index contributed by atoms with van der Waals surface area (Å²) in [5.74, 6) is 3.03. The van der Waals surface area contributed by atoms with Crippen molar-refractivity contribution < 1.29 is 9.66 Å². The van der Waals surface area contributed by atoms with Crippen molar-refractivity contribution in [2.75, 3.05) is 7.11 Å². The third kappa shape index (κ3) is 2.71. The fourth-order valence-corrected chi connectivity index (χ4v) is 1.26. The van der Waals surface area contributed by atoms with E-state index in [1.54, 1.807) is 6.07 Å². The first-order valence-corrected chi connectivity index (χ1v) is 4.43. The van der Waals surface area contributed by atoms with Gasteiger partial charge in [0.05, 0.1) is 18.1 Å². The summed E-state index contributed by atoms with van der Waals surface area (Å²) in [5, 5.41) is 10.5. The summed E-state index contributed by atoms with van der Waals surface area (Å²) in [4.78, 5) is 10.1. The molecule has 0 fully saturated rings. The molecule has 0 amide bonds. The topological polar surface area (TPSA) is 52.4 Å². The Kier molecular flexibility index (Phi) is 3.69. The van der Waals surface area contributed by atoms with Gasteiger partial charge in [-0.3, -0.25) is 10.1 Å². The van der Waals surface area contributed by atoms with Crippen molar-refractivity contribution in [2.45, 2.75) is 12.8 Å². The normalized spacial score (nSPS) is 9.33. The Morgan fingerprint density at radius 3 is 2.87 bits per heavy atom. The number of non-ortho nitro benzene ring substituents is 1. The zero-order chi connectivity index (χ0) is 11.3. The Hall–Kier alpha value is -2.02. The lowest BCUT2D eigenvalue weighted by Crippen LogP contribution is -1.95. The summed E-state index contributed by atoms with van der Waals surface area (Å²) in [6.45, 7) is 0. The van der Waals surface area contributed by atoms with E-state index < -0.39 is 4.92 Å². The van der Waals surface area contributed by atoms with Gasteiger partial charge in [-0.1, -0.05) is 0 Å². The van der Waals surface area contributed by atoms with Crippen molar-refractivity contribution in [2.24, 2.45) is 0 Å². The van der Waals surface area contributed by atoms with Crippen LogP contribution in [-0.4, -0.2) is 12.0 Å². The number of nitrogens with zero attached hydrogens (tertiary/aromatic N) is 1. The molecule has 0 atom stereocenters. The molecule has 0 heterocycles. The van der Waals surface area contributed by atoms with E-state index in [4.69, 9.17) is 11.2 Å². The van der Waals surface area contributed by atoms with Gasteiger partial charge >= 0.3 is 0 Å². The smallest absolute Gasteiger partial charge is 0.273 e. The maximum absolute atomic E-state index is 10.5. The molecule has 0 spiro atoms. The molecule has 0 aliphatic carbocycles. The minimum absolute atomic E-state index is 0.0244. The second-order valence-electron chi connectivity index (χ2n) is 2.96. The molecule has 0 radical (unpaired) electrons. The molecule has 0 aliphatic rings. The Bertz CT molecular complexity index is 407. The van der Waals surface area contributed by atoms with E-state index in [1.165, 1.54) is 19.2 Å². The van der Waals surface area contributed by atoms with Crippen molar-refractivity contribution in [3.63, 3.8) is 0 Å². The first-order chi connectivity index (χ1) is 7.19. The summed E-state index contributed by atoms with van der Waals surface area (Å²) >= 11 is 0. The van der Waals surface area contributed by atoms with Gasteiger partial charge in [-0.05, 0) is 18.1 Å². The summed E-state index contributed by atoms with van der Waals surface area (Å²) in [7, 11) is 1.48. The number of methoxy groups -OCH3 is 1. The molecule has 1 aromatic carbocycles. The Morgan fingerprint density at radius 2 is 2.33 bits per heavy atom. The van der Waals surface area contributed by atoms with Gasteiger partial charge in [0.1, 0.15) is 5.75 Å². The van der Waals surface area contributed by atoms with E-state index in [-0.39, 0.29) is 5.69 Å². The highest BCUT2D eigenvalue weighted by molar-refractivity contribution is 5.44. The zero-order valence-electron chi connectivity index (χ0n) is 8.40. The molecule has 1 aromatic rings. The van der Waals surface area contributed by atoms with Gasteiger partial charge in [0, 0.05) is 12.5 Å². The Morgan fingerprint density at radius 1 is 1.60 bits per heavy atom. The van der Waals surface area contributed by atoms with Crippen molar-refractivity contribution in [3.05, 3.63) is 33.9 Å². The van der Waals surface area contributed by atoms with Crippen LogP contribution in [0.15, 0.2) is 18.2 Å². The number of hydrogen-bond acceptors (Lipinski definition) is 3. The molecule has 0 saturated carbocycles. The van der Waals surface area contributed by atoms with E-state index in [9.17, 15) is 10.1 Å². The van der Waals surface area contributed by atoms with Crippen LogP contribution < -0.4 is 4.74 Å². The van der Waals surface area contributed by atoms with Gasteiger partial charge in [-0.15, -0.1) is 12.3 Å². The molecule has 0 bridgehead atoms. The lowest BCUT2D eigenvalue weighted by molar-refractivity contribution is -0.384. The highest BCUT2D eigenvalue weighted by Crippen LogP contribution is 2.25. The molecular weight excluding hydrogens is 194 g/mol. The molecule has 0 unspecified atom stereocenters. The number of benzene rings is 1. The predicted molar refractivity (Wildman–Crippen MR) is 56.8 cm³/mol. The van der Waals surface area contributed by atoms with E-state index in [0.29, 0.717) is 18.6 Å². The Balaban J connectivity index is 2.99. The number of nitro groups is 1. The van der Waals surface area contributed by atoms with Crippen molar-refractivity contribution in [1.29, 1.82) is 0 Å². The average molecular weight is 205 g/mol. The zero-order valence-corrected chi connectivity index (χ0v) is 8.40. The molecular formula is C11H11NO3. The average Bonchev–Trinajstić information content (AvgIpc) is 2.25. The molecule has 78 valence electrons. The molecule has 0 aliphatic heterocycles. The summed E-state index contributed by atoms with van der Waals surface area (Å²) in [6.07, 6.45) is 6.40. The van der Waals surface area contributed by atoms with Gasteiger partial charge in [0.2, 0.25) is 0 Å². The van der Waals surface area contributed by atoms with E-state index in [0.717, 1.165) is 5.56 Å². The molecule has 0 aromatic heterocycles. The second kappa shape index (κ2) is 5.01. The van der Waals surface area contributed by atoms with Crippen LogP contribution in [0.2, 0.25) is 0 Å². The molecule has 0 saturated heterocycles. The van der Waals surface area contributed by atoms with Gasteiger partial charge in [0.25, 0.3) is 5.69 Å². The third-order valence-electron chi connectivity index (χ3n) is 2.02. The number of ether oxygens (including phenoxy) is 1. The lowest BCUT2D eigenvalue weighted by atomic mass is 10.1. The van der Waals surface area contributed by atoms with E-state index in [2.05, 4.69) is 5.92 Å². The third-order valence-corrected chi connectivity index (χ3v) is 2.02. The predicted octanol–water partition coefficient (Wildman–Crippen LogP) is 2.17. The van der Waals surface area contributed by atoms with Crippen LogP contribution in [0.1, 0.15) is 12.0 Å². The molecule has 4 heteroatoms. The van der Waals surface area contributed by atoms with Crippen LogP contribution in [-0.2, 0) is 6.42 Å². The van der Waals surface area contributed by atoms with E-state index >= 15 is 0 Å². The Labute approximate surface area is 88.0 Å². The molecule has 4 nitrogen and oxygen atoms in total. The maximum atomic E-state index is 10.5. The second-order valence-corrected chi connectivity index (χ2v) is 2.96. The van der Waals surface area contributed by atoms with Crippen LogP contribution in [0.3, 0.4) is 0 Å². The van der Waals surface area contributed by atoms with Crippen LogP contribution in [0, 0.1) is 22.5 Å². The van der Waals surface area contributed by atoms with Gasteiger partial charge in [-0.25, -0.2) is 0 Å². The highest BCUT2D eigenvalue weighted by atomic mass is 16.6. The number of nitro benzene ring substituents is 1. The largest absolute Gasteiger partial charge is 0.496 e. The minimum atomic E-state index is -0.451. The van der Waals surface area contributed by atoms with Crippen molar-refractivity contribution in [3.8, 4) is 18.1 Å². The highest BCUT2D eigenvalue weighted by Gasteiger charge is 2.10. The standard InChI is InChI=1S/C11H11NO3/c1-3-4-5-9-6-7-10(12(13)14)8-11(9)15-2/h1,6-8H,4-5H2,2H3. The van der Waals surface area contributed by atoms with Crippen molar-refractivity contribution in [1.82, 2.24) is 0 Å². The summed E-state index contributed by atoms with van der Waals surface area (Å²) < 4.78 is 5.06. The fourth-order valence-electron chi connectivity index (χ4n) is 1.26. The number of terminal acetylenes is 1. The van der Waals surface area contributed by atoms with E-state index in [1.807, 2.05) is 0 Å². The molecule has 15 heavy (non-hydrogen) atoms. The van der Waals surface area contributed by atoms with Crippen molar-refractivity contribution >= 4 is 5.69 Å². The first-order valence-electron chi connectivity index (χ1n) is 4.43. The van der Waals surface area contributed by atoms with Crippen LogP contribution in [0.25, 0.3) is 0 Å². The lowest BCUT2D eigenvalue weighted by Gasteiger charge is -2.06. The van der Waals surface area contributed by atoms with Crippen LogP contribution in [0.4, 0.5) is 5.69 Å². The van der Waals surface area contributed by atoms with Gasteiger partial charge in [0.15, 0.2) is 0 Å². The quantitative estimate of drug-likeness (QED) is 0.430. The molecule has 0 N–H and O–H groups in total. The SMILES string of the molecule is C#CCCc1ccc([N+](=O)[O-])cc1OC. The number of aryl methyl sites for hydroxylation is 1. The molecule has 1 rings (SSSR count). The monoisotopic (exact) mass is 205 g/mol. The minimum Gasteiger partial charge on any atom is -0.496 e. The summed E-state index contributed by atoms with van der Waals surface area (Å²) in [6, 6.07) is 4.54. The number of hydrogen-bond donors (Lipinski definition) is 0. The summed E-state index contributed by atoms with van der Waals surface area (Å²) in [5.41, 5.74) is 0.914. The van der Waals surface area contributed by atoms with Gasteiger partial charge < -0.3 is 4.74 Å². The van der Waals surface area contributed by atoms with Crippen LogP contribution >= 0.6 is 0 Å². The maximum Gasteiger partial charge on any atom is 0.273 e. The van der Waals surface area contributed by atoms with Crippen LogP contribution in [0.5, 0.6) is 5.75 Å². The first kappa shape index (κ1) is 11.1. The van der Waals surface area contributed by atoms with Gasteiger partial charge in [-0.2, -0.15) is 0 Å². The number of rotatable bonds is 4. The fraction of sp³-hybridized carbons (Fsp3) is 0.273.